The number of carbonyl (C=O) groups is 1. The Bertz CT molecular complexity index is 181. The van der Waals surface area contributed by atoms with Crippen molar-refractivity contribution in [2.45, 2.75) is 52.5 Å². The summed E-state index contributed by atoms with van der Waals surface area (Å²) in [5.74, 6) is 0. The van der Waals surface area contributed by atoms with Crippen LogP contribution >= 0.6 is 0 Å². The highest BCUT2D eigenvalue weighted by Crippen LogP contribution is 2.08. The molecule has 0 aromatic heterocycles. The molecular weight excluding hydrogens is 202 g/mol. The van der Waals surface area contributed by atoms with Crippen molar-refractivity contribution in [3.05, 3.63) is 0 Å². The van der Waals surface area contributed by atoms with Crippen molar-refractivity contribution in [2.24, 2.45) is 5.73 Å². The molecule has 0 fully saturated rings. The molecular formula is C12H27N3O. The van der Waals surface area contributed by atoms with Crippen LogP contribution < -0.4 is 11.1 Å². The highest BCUT2D eigenvalue weighted by atomic mass is 16.2. The van der Waals surface area contributed by atoms with Gasteiger partial charge in [-0.3, -0.25) is 0 Å². The summed E-state index contributed by atoms with van der Waals surface area (Å²) in [5, 5.41) is 2.95. The molecule has 2 amide bonds. The van der Waals surface area contributed by atoms with E-state index in [2.05, 4.69) is 26.1 Å². The second-order valence-corrected chi connectivity index (χ2v) is 4.04. The molecule has 4 heteroatoms. The van der Waals surface area contributed by atoms with E-state index in [1.165, 1.54) is 0 Å². The number of nitrogens with one attached hydrogen (secondary N) is 1. The molecule has 0 bridgehead atoms. The van der Waals surface area contributed by atoms with Crippen molar-refractivity contribution in [2.75, 3.05) is 19.6 Å². The van der Waals surface area contributed by atoms with Gasteiger partial charge in [0.25, 0.3) is 0 Å². The van der Waals surface area contributed by atoms with Crippen molar-refractivity contribution in [1.82, 2.24) is 10.2 Å². The van der Waals surface area contributed by atoms with Gasteiger partial charge in [-0.05, 0) is 19.3 Å². The summed E-state index contributed by atoms with van der Waals surface area (Å²) in [7, 11) is 0. The first-order valence-corrected chi connectivity index (χ1v) is 6.45. The molecule has 0 heterocycles. The minimum absolute atomic E-state index is 0.0348. The molecule has 4 nitrogen and oxygen atoms in total. The largest absolute Gasteiger partial charge is 0.338 e. The van der Waals surface area contributed by atoms with Crippen LogP contribution in [0.2, 0.25) is 0 Å². The van der Waals surface area contributed by atoms with Crippen LogP contribution in [-0.2, 0) is 0 Å². The van der Waals surface area contributed by atoms with Gasteiger partial charge in [-0.1, -0.05) is 27.2 Å². The van der Waals surface area contributed by atoms with Crippen LogP contribution in [0.5, 0.6) is 0 Å². The van der Waals surface area contributed by atoms with E-state index < -0.39 is 0 Å². The summed E-state index contributed by atoms with van der Waals surface area (Å²) in [4.78, 5) is 13.8. The molecule has 0 radical (unpaired) electrons. The lowest BCUT2D eigenvalue weighted by atomic mass is 10.1. The van der Waals surface area contributed by atoms with Gasteiger partial charge in [0.05, 0.1) is 0 Å². The third-order valence-corrected chi connectivity index (χ3v) is 2.82. The molecule has 96 valence electrons. The summed E-state index contributed by atoms with van der Waals surface area (Å²) in [6.07, 6.45) is 4.10. The number of nitrogens with zero attached hydrogens (tertiary/aromatic N) is 1. The van der Waals surface area contributed by atoms with Gasteiger partial charge in [-0.25, -0.2) is 4.79 Å². The second kappa shape index (κ2) is 9.46. The number of urea groups is 1. The van der Waals surface area contributed by atoms with Crippen LogP contribution in [0.4, 0.5) is 4.79 Å². The average Bonchev–Trinajstić information content (AvgIpc) is 2.29. The van der Waals surface area contributed by atoms with Crippen molar-refractivity contribution in [1.29, 1.82) is 0 Å². The zero-order chi connectivity index (χ0) is 12.4. The third-order valence-electron chi connectivity index (χ3n) is 2.82. The zero-order valence-corrected chi connectivity index (χ0v) is 11.0. The first-order chi connectivity index (χ1) is 7.71. The molecule has 0 aromatic rings. The van der Waals surface area contributed by atoms with Crippen LogP contribution in [0.25, 0.3) is 0 Å². The fraction of sp³-hybridized carbons (Fsp3) is 0.917. The van der Waals surface area contributed by atoms with Gasteiger partial charge in [-0.2, -0.15) is 0 Å². The topological polar surface area (TPSA) is 58.4 Å². The lowest BCUT2D eigenvalue weighted by Gasteiger charge is -2.30. The summed E-state index contributed by atoms with van der Waals surface area (Å²) >= 11 is 0. The van der Waals surface area contributed by atoms with E-state index in [0.29, 0.717) is 19.1 Å². The van der Waals surface area contributed by atoms with E-state index in [1.807, 2.05) is 4.90 Å². The maximum absolute atomic E-state index is 11.9. The molecule has 0 aliphatic carbocycles. The van der Waals surface area contributed by atoms with E-state index in [9.17, 15) is 4.79 Å². The molecule has 0 aliphatic heterocycles. The Labute approximate surface area is 99.6 Å². The van der Waals surface area contributed by atoms with Crippen molar-refractivity contribution in [3.8, 4) is 0 Å². The molecule has 0 saturated heterocycles. The van der Waals surface area contributed by atoms with Crippen molar-refractivity contribution < 1.29 is 4.79 Å². The SMILES string of the molecule is CCCCNC(=O)N(CCN)C(CC)CC. The molecule has 3 N–H and O–H groups in total. The standard InChI is InChI=1S/C12H27N3O/c1-4-7-9-14-12(16)15(10-8-13)11(5-2)6-3/h11H,4-10,13H2,1-3H3,(H,14,16). The minimum atomic E-state index is 0.0348. The lowest BCUT2D eigenvalue weighted by molar-refractivity contribution is 0.172. The third kappa shape index (κ3) is 5.35. The fourth-order valence-corrected chi connectivity index (χ4v) is 1.79. The number of hydrogen-bond acceptors (Lipinski definition) is 2. The first kappa shape index (κ1) is 15.2. The normalized spacial score (nSPS) is 10.6. The summed E-state index contributed by atoms with van der Waals surface area (Å²) in [6.45, 7) is 8.26. The van der Waals surface area contributed by atoms with Crippen LogP contribution in [0.15, 0.2) is 0 Å². The van der Waals surface area contributed by atoms with E-state index in [1.54, 1.807) is 0 Å². The van der Waals surface area contributed by atoms with Crippen LogP contribution in [-0.4, -0.2) is 36.6 Å². The van der Waals surface area contributed by atoms with Gasteiger partial charge in [0.2, 0.25) is 0 Å². The fourth-order valence-electron chi connectivity index (χ4n) is 1.79. The van der Waals surface area contributed by atoms with Gasteiger partial charge in [-0.15, -0.1) is 0 Å². The molecule has 0 aromatic carbocycles. The Morgan fingerprint density at radius 1 is 1.31 bits per heavy atom. The molecule has 16 heavy (non-hydrogen) atoms. The molecule has 0 spiro atoms. The van der Waals surface area contributed by atoms with E-state index >= 15 is 0 Å². The van der Waals surface area contributed by atoms with Gasteiger partial charge < -0.3 is 16.0 Å². The molecule has 0 aliphatic rings. The van der Waals surface area contributed by atoms with Crippen molar-refractivity contribution in [3.63, 3.8) is 0 Å². The van der Waals surface area contributed by atoms with Crippen LogP contribution in [0.3, 0.4) is 0 Å². The zero-order valence-electron chi connectivity index (χ0n) is 11.0. The molecule has 0 rings (SSSR count). The number of unbranched alkanes of at least 4 members (excludes halogenated alkanes) is 1. The van der Waals surface area contributed by atoms with E-state index in [0.717, 1.165) is 32.2 Å². The Balaban J connectivity index is 4.21. The summed E-state index contributed by atoms with van der Waals surface area (Å²) < 4.78 is 0. The van der Waals surface area contributed by atoms with E-state index in [-0.39, 0.29) is 6.03 Å². The second-order valence-electron chi connectivity index (χ2n) is 4.04. The summed E-state index contributed by atoms with van der Waals surface area (Å²) in [5.41, 5.74) is 5.55. The Morgan fingerprint density at radius 2 is 1.94 bits per heavy atom. The van der Waals surface area contributed by atoms with Crippen LogP contribution in [0.1, 0.15) is 46.5 Å². The van der Waals surface area contributed by atoms with E-state index in [4.69, 9.17) is 5.73 Å². The highest BCUT2D eigenvalue weighted by molar-refractivity contribution is 5.74. The summed E-state index contributed by atoms with van der Waals surface area (Å²) in [6, 6.07) is 0.345. The van der Waals surface area contributed by atoms with Crippen LogP contribution in [0, 0.1) is 0 Å². The lowest BCUT2D eigenvalue weighted by Crippen LogP contribution is -2.48. The quantitative estimate of drug-likeness (QED) is 0.625. The maximum atomic E-state index is 11.9. The first-order valence-electron chi connectivity index (χ1n) is 6.45. The van der Waals surface area contributed by atoms with Gasteiger partial charge in [0, 0.05) is 25.7 Å². The molecule has 0 atom stereocenters. The van der Waals surface area contributed by atoms with Gasteiger partial charge in [0.1, 0.15) is 0 Å². The Morgan fingerprint density at radius 3 is 2.38 bits per heavy atom. The average molecular weight is 229 g/mol. The molecule has 0 unspecified atom stereocenters. The van der Waals surface area contributed by atoms with Crippen molar-refractivity contribution >= 4 is 6.03 Å². The number of hydrogen-bond donors (Lipinski definition) is 2. The number of carbonyl (C=O) groups excluding carboxylic acids is 1. The van der Waals surface area contributed by atoms with Gasteiger partial charge >= 0.3 is 6.03 Å². The Hall–Kier alpha value is -0.770. The molecule has 0 saturated carbocycles. The number of nitrogens with two attached hydrogens (primary N) is 1. The maximum Gasteiger partial charge on any atom is 0.317 e. The number of amides is 2. The highest BCUT2D eigenvalue weighted by Gasteiger charge is 2.19. The smallest absolute Gasteiger partial charge is 0.317 e. The predicted molar refractivity (Wildman–Crippen MR) is 68.4 cm³/mol. The predicted octanol–water partition coefficient (Wildman–Crippen LogP) is 1.95. The number of rotatable bonds is 8. The minimum Gasteiger partial charge on any atom is -0.338 e. The monoisotopic (exact) mass is 229 g/mol. The Kier molecular flexibility index (Phi) is 9.00. The van der Waals surface area contributed by atoms with Gasteiger partial charge in [0.15, 0.2) is 0 Å².